The van der Waals surface area contributed by atoms with Gasteiger partial charge in [-0.1, -0.05) is 24.3 Å². The van der Waals surface area contributed by atoms with Gasteiger partial charge in [-0.05, 0) is 36.2 Å². The average molecular weight is 569 g/mol. The molecule has 0 radical (unpaired) electrons. The second-order valence-electron chi connectivity index (χ2n) is 10.6. The van der Waals surface area contributed by atoms with E-state index < -0.39 is 11.9 Å². The molecule has 3 aromatic rings. The number of rotatable bonds is 7. The maximum atomic E-state index is 15.1. The lowest BCUT2D eigenvalue weighted by Gasteiger charge is -2.35. The molecule has 1 aromatic heterocycles. The van der Waals surface area contributed by atoms with E-state index in [1.165, 1.54) is 4.90 Å². The first kappa shape index (κ1) is 27.4. The molecule has 4 heterocycles. The minimum absolute atomic E-state index is 0.00681. The fraction of sp³-hybridized carbons (Fsp3) is 0.323. The van der Waals surface area contributed by atoms with Crippen molar-refractivity contribution in [2.45, 2.75) is 38.6 Å². The predicted octanol–water partition coefficient (Wildman–Crippen LogP) is 3.43. The van der Waals surface area contributed by atoms with Gasteiger partial charge < -0.3 is 14.5 Å². The average Bonchev–Trinajstić information content (AvgIpc) is 3.33. The third-order valence-corrected chi connectivity index (χ3v) is 8.00. The van der Waals surface area contributed by atoms with Crippen LogP contribution in [0.1, 0.15) is 39.9 Å². The van der Waals surface area contributed by atoms with Crippen molar-refractivity contribution in [2.24, 2.45) is 0 Å². The van der Waals surface area contributed by atoms with E-state index in [-0.39, 0.29) is 43.6 Å². The van der Waals surface area contributed by atoms with Crippen molar-refractivity contribution in [1.82, 2.24) is 20.1 Å². The highest BCUT2D eigenvalue weighted by molar-refractivity contribution is 6.05. The number of aromatic nitrogens is 1. The Labute approximate surface area is 242 Å². The van der Waals surface area contributed by atoms with Crippen molar-refractivity contribution in [3.05, 3.63) is 94.2 Å². The number of hydrogen-bond acceptors (Lipinski definition) is 7. The van der Waals surface area contributed by atoms with Gasteiger partial charge in [-0.2, -0.15) is 0 Å². The van der Waals surface area contributed by atoms with Gasteiger partial charge in [0.15, 0.2) is 0 Å². The zero-order chi connectivity index (χ0) is 29.2. The fourth-order valence-corrected chi connectivity index (χ4v) is 5.68. The molecule has 1 unspecified atom stereocenters. The van der Waals surface area contributed by atoms with Crippen molar-refractivity contribution < 1.29 is 23.5 Å². The van der Waals surface area contributed by atoms with Crippen LogP contribution >= 0.6 is 0 Å². The molecule has 3 aliphatic rings. The van der Waals surface area contributed by atoms with E-state index in [9.17, 15) is 14.4 Å². The van der Waals surface area contributed by atoms with Crippen molar-refractivity contribution in [1.29, 1.82) is 0 Å². The number of carbonyl (C=O) groups is 3. The molecule has 3 aliphatic heterocycles. The van der Waals surface area contributed by atoms with Crippen LogP contribution < -0.4 is 15.0 Å². The zero-order valence-corrected chi connectivity index (χ0v) is 22.9. The quantitative estimate of drug-likeness (QED) is 0.345. The van der Waals surface area contributed by atoms with E-state index in [1.807, 2.05) is 12.1 Å². The van der Waals surface area contributed by atoms with Gasteiger partial charge in [0, 0.05) is 62.0 Å². The van der Waals surface area contributed by atoms with Gasteiger partial charge in [0.1, 0.15) is 30.0 Å². The smallest absolute Gasteiger partial charge is 0.255 e. The van der Waals surface area contributed by atoms with Crippen LogP contribution in [0.4, 0.5) is 15.9 Å². The van der Waals surface area contributed by atoms with Crippen LogP contribution in [0.3, 0.4) is 0 Å². The van der Waals surface area contributed by atoms with E-state index in [0.29, 0.717) is 34.7 Å². The minimum Gasteiger partial charge on any atom is -0.488 e. The number of imide groups is 1. The maximum absolute atomic E-state index is 15.1. The molecule has 0 saturated carbocycles. The zero-order valence-electron chi connectivity index (χ0n) is 22.9. The van der Waals surface area contributed by atoms with Crippen molar-refractivity contribution in [2.75, 3.05) is 31.1 Å². The van der Waals surface area contributed by atoms with Gasteiger partial charge in [-0.25, -0.2) is 9.24 Å². The van der Waals surface area contributed by atoms with Crippen LogP contribution in [0.5, 0.6) is 5.75 Å². The molecule has 1 N–H and O–H groups in total. The van der Waals surface area contributed by atoms with Crippen LogP contribution in [-0.2, 0) is 29.3 Å². The standard InChI is InChI=1S/C31H29FN6O4/c1-33-22-7-9-28(34-16-22)37-13-11-36(12-14-37)17-20-5-6-21(25(32)15-20)19-42-27-4-2-3-23-24(27)18-38(31(23)41)26-8-10-29(39)35-30(26)40/h2-7,9,15-16,26H,8,10-14,17-19H2,(H,35,39,40). The highest BCUT2D eigenvalue weighted by Gasteiger charge is 2.40. The topological polar surface area (TPSA) is 99.4 Å². The van der Waals surface area contributed by atoms with E-state index in [0.717, 1.165) is 37.6 Å². The summed E-state index contributed by atoms with van der Waals surface area (Å²) in [5.74, 6) is -0.120. The van der Waals surface area contributed by atoms with Crippen molar-refractivity contribution in [3.8, 4) is 5.75 Å². The molecule has 1 atom stereocenters. The third-order valence-electron chi connectivity index (χ3n) is 8.00. The normalized spacial score (nSPS) is 19.0. The summed E-state index contributed by atoms with van der Waals surface area (Å²) in [6.07, 6.45) is 2.05. The molecule has 11 heteroatoms. The Morgan fingerprint density at radius 1 is 1.07 bits per heavy atom. The van der Waals surface area contributed by atoms with E-state index in [2.05, 4.69) is 24.9 Å². The number of piperidine rings is 1. The highest BCUT2D eigenvalue weighted by atomic mass is 19.1. The number of pyridine rings is 1. The molecule has 0 aliphatic carbocycles. The summed E-state index contributed by atoms with van der Waals surface area (Å²) < 4.78 is 21.1. The predicted molar refractivity (Wildman–Crippen MR) is 151 cm³/mol. The summed E-state index contributed by atoms with van der Waals surface area (Å²) >= 11 is 0. The molecule has 214 valence electrons. The molecule has 10 nitrogen and oxygen atoms in total. The summed E-state index contributed by atoms with van der Waals surface area (Å²) in [6.45, 7) is 11.1. The number of halogens is 1. The first-order chi connectivity index (χ1) is 20.4. The van der Waals surface area contributed by atoms with Crippen LogP contribution in [0.2, 0.25) is 0 Å². The number of fused-ring (bicyclic) bond motifs is 1. The highest BCUT2D eigenvalue weighted by Crippen LogP contribution is 2.34. The monoisotopic (exact) mass is 568 g/mol. The first-order valence-electron chi connectivity index (χ1n) is 13.9. The SMILES string of the molecule is [C-]#[N+]c1ccc(N2CCN(Cc3ccc(COc4cccc5c4CN(C4CCC(=O)NC4=O)C5=O)c(F)c3)CC2)nc1. The van der Waals surface area contributed by atoms with Gasteiger partial charge in [0.05, 0.1) is 13.1 Å². The number of piperazine rings is 1. The Hall–Kier alpha value is -4.82. The molecule has 2 fully saturated rings. The Kier molecular flexibility index (Phi) is 7.54. The van der Waals surface area contributed by atoms with Gasteiger partial charge in [0.25, 0.3) is 5.91 Å². The Bertz CT molecular complexity index is 1580. The summed E-state index contributed by atoms with van der Waals surface area (Å²) in [6, 6.07) is 13.2. The summed E-state index contributed by atoms with van der Waals surface area (Å²) in [7, 11) is 0. The number of carbonyl (C=O) groups excluding carboxylic acids is 3. The lowest BCUT2D eigenvalue weighted by molar-refractivity contribution is -0.136. The number of ether oxygens (including phenoxy) is 1. The lowest BCUT2D eigenvalue weighted by Crippen LogP contribution is -2.52. The molecular formula is C31H29FN6O4. The molecule has 0 spiro atoms. The number of nitrogens with one attached hydrogen (secondary N) is 1. The largest absolute Gasteiger partial charge is 0.488 e. The third kappa shape index (κ3) is 5.53. The summed E-state index contributed by atoms with van der Waals surface area (Å²) in [4.78, 5) is 50.6. The molecule has 42 heavy (non-hydrogen) atoms. The van der Waals surface area contributed by atoms with E-state index in [4.69, 9.17) is 11.3 Å². The van der Waals surface area contributed by atoms with Crippen LogP contribution in [0, 0.1) is 12.4 Å². The van der Waals surface area contributed by atoms with Crippen molar-refractivity contribution >= 4 is 29.2 Å². The molecular weight excluding hydrogens is 539 g/mol. The number of nitrogens with zero attached hydrogens (tertiary/aromatic N) is 5. The van der Waals surface area contributed by atoms with E-state index >= 15 is 4.39 Å². The Balaban J connectivity index is 1.05. The van der Waals surface area contributed by atoms with Crippen LogP contribution in [-0.4, -0.2) is 64.7 Å². The summed E-state index contributed by atoms with van der Waals surface area (Å²) in [5, 5.41) is 2.30. The molecule has 2 aromatic carbocycles. The lowest BCUT2D eigenvalue weighted by atomic mass is 10.0. The summed E-state index contributed by atoms with van der Waals surface area (Å²) in [5.41, 5.74) is 2.90. The van der Waals surface area contributed by atoms with Gasteiger partial charge in [0.2, 0.25) is 17.5 Å². The maximum Gasteiger partial charge on any atom is 0.255 e. The van der Waals surface area contributed by atoms with E-state index in [1.54, 1.807) is 42.6 Å². The fourth-order valence-electron chi connectivity index (χ4n) is 5.68. The molecule has 0 bridgehead atoms. The Morgan fingerprint density at radius 3 is 2.62 bits per heavy atom. The van der Waals surface area contributed by atoms with Gasteiger partial charge in [-0.15, -0.1) is 0 Å². The van der Waals surface area contributed by atoms with Crippen LogP contribution in [0.25, 0.3) is 4.85 Å². The van der Waals surface area contributed by atoms with Gasteiger partial charge in [-0.3, -0.25) is 29.6 Å². The Morgan fingerprint density at radius 2 is 1.90 bits per heavy atom. The number of benzene rings is 2. The molecule has 2 saturated heterocycles. The second kappa shape index (κ2) is 11.6. The van der Waals surface area contributed by atoms with Gasteiger partial charge >= 0.3 is 0 Å². The molecule has 3 amide bonds. The minimum atomic E-state index is -0.711. The number of hydrogen-bond donors (Lipinski definition) is 1. The van der Waals surface area contributed by atoms with Crippen molar-refractivity contribution in [3.63, 3.8) is 0 Å². The molecule has 6 rings (SSSR count). The first-order valence-corrected chi connectivity index (χ1v) is 13.9. The second-order valence-corrected chi connectivity index (χ2v) is 10.6. The number of anilines is 1. The van der Waals surface area contributed by atoms with Crippen LogP contribution in [0.15, 0.2) is 54.7 Å². The number of amides is 3.